The molecule has 2 aromatic rings. The SMILES string of the molecule is Cn1ccnc1[C@@H](NC(=S)NCCC[NH+]1CCOCC1)c1ccc(Cl)cc1. The fourth-order valence-electron chi connectivity index (χ4n) is 3.24. The number of quaternary nitrogens is 1. The van der Waals surface area contributed by atoms with Crippen LogP contribution in [-0.2, 0) is 11.8 Å². The summed E-state index contributed by atoms with van der Waals surface area (Å²) < 4.78 is 7.40. The van der Waals surface area contributed by atoms with Crippen LogP contribution in [0.25, 0.3) is 0 Å². The molecule has 0 bridgehead atoms. The van der Waals surface area contributed by atoms with Crippen LogP contribution in [-0.4, -0.2) is 54.1 Å². The predicted octanol–water partition coefficient (Wildman–Crippen LogP) is 0.932. The van der Waals surface area contributed by atoms with Gasteiger partial charge in [0.1, 0.15) is 25.0 Å². The van der Waals surface area contributed by atoms with E-state index in [-0.39, 0.29) is 6.04 Å². The van der Waals surface area contributed by atoms with Crippen LogP contribution in [0.1, 0.15) is 23.9 Å². The van der Waals surface area contributed by atoms with Crippen LogP contribution in [0.3, 0.4) is 0 Å². The van der Waals surface area contributed by atoms with Crippen LogP contribution in [0.15, 0.2) is 36.7 Å². The number of nitrogens with zero attached hydrogens (tertiary/aromatic N) is 2. The molecule has 0 aliphatic carbocycles. The molecule has 1 atom stereocenters. The fraction of sp³-hybridized carbons (Fsp3) is 0.474. The standard InChI is InChI=1S/C19H26ClN5OS/c1-24-10-8-21-18(24)17(15-3-5-16(20)6-4-15)23-19(27)22-7-2-9-25-11-13-26-14-12-25/h3-6,8,10,17H,2,7,9,11-14H2,1H3,(H2,22,23,27)/p+1/t17-/m0/s1. The van der Waals surface area contributed by atoms with Gasteiger partial charge in [0.2, 0.25) is 0 Å². The van der Waals surface area contributed by atoms with Gasteiger partial charge in [-0.2, -0.15) is 0 Å². The quantitative estimate of drug-likeness (QED) is 0.470. The topological polar surface area (TPSA) is 55.5 Å². The summed E-state index contributed by atoms with van der Waals surface area (Å²) in [5.74, 6) is 0.902. The molecule has 1 aromatic heterocycles. The predicted molar refractivity (Wildman–Crippen MR) is 111 cm³/mol. The van der Waals surface area contributed by atoms with Gasteiger partial charge in [0.05, 0.1) is 19.8 Å². The molecule has 3 N–H and O–H groups in total. The Hall–Kier alpha value is -1.67. The van der Waals surface area contributed by atoms with Gasteiger partial charge in [-0.05, 0) is 29.9 Å². The molecule has 1 aliphatic heterocycles. The van der Waals surface area contributed by atoms with Crippen LogP contribution in [0.5, 0.6) is 0 Å². The second-order valence-electron chi connectivity index (χ2n) is 6.75. The van der Waals surface area contributed by atoms with Crippen molar-refractivity contribution in [2.75, 3.05) is 39.4 Å². The molecule has 27 heavy (non-hydrogen) atoms. The van der Waals surface area contributed by atoms with Crippen LogP contribution in [0.2, 0.25) is 5.02 Å². The van der Waals surface area contributed by atoms with Gasteiger partial charge in [-0.15, -0.1) is 0 Å². The van der Waals surface area contributed by atoms with Gasteiger partial charge >= 0.3 is 0 Å². The summed E-state index contributed by atoms with van der Waals surface area (Å²) in [6.07, 6.45) is 4.80. The minimum atomic E-state index is -0.132. The summed E-state index contributed by atoms with van der Waals surface area (Å²) in [5.41, 5.74) is 1.07. The van der Waals surface area contributed by atoms with E-state index in [1.54, 1.807) is 11.1 Å². The molecule has 1 saturated heterocycles. The third kappa shape index (κ3) is 5.90. The van der Waals surface area contributed by atoms with E-state index in [1.165, 1.54) is 0 Å². The Bertz CT molecular complexity index is 730. The zero-order chi connectivity index (χ0) is 19.1. The molecule has 1 fully saturated rings. The zero-order valence-corrected chi connectivity index (χ0v) is 17.2. The van der Waals surface area contributed by atoms with Gasteiger partial charge in [-0.1, -0.05) is 23.7 Å². The van der Waals surface area contributed by atoms with Gasteiger partial charge in [-0.3, -0.25) is 0 Å². The van der Waals surface area contributed by atoms with Crippen molar-refractivity contribution < 1.29 is 9.64 Å². The number of thiocarbonyl (C=S) groups is 1. The summed E-state index contributed by atoms with van der Waals surface area (Å²) in [7, 11) is 1.98. The second kappa shape index (κ2) is 10.0. The Morgan fingerprint density at radius 1 is 1.33 bits per heavy atom. The molecule has 146 valence electrons. The largest absolute Gasteiger partial charge is 0.370 e. The van der Waals surface area contributed by atoms with E-state index in [2.05, 4.69) is 15.6 Å². The average molecular weight is 409 g/mol. The smallest absolute Gasteiger partial charge is 0.167 e. The Morgan fingerprint density at radius 2 is 2.07 bits per heavy atom. The lowest BCUT2D eigenvalue weighted by Gasteiger charge is -2.24. The van der Waals surface area contributed by atoms with Crippen molar-refractivity contribution in [2.24, 2.45) is 7.05 Å². The maximum Gasteiger partial charge on any atom is 0.167 e. The number of aryl methyl sites for hydroxylation is 1. The number of halogens is 1. The van der Waals surface area contributed by atoms with E-state index in [1.807, 2.05) is 42.1 Å². The Balaban J connectivity index is 1.54. The van der Waals surface area contributed by atoms with E-state index in [0.29, 0.717) is 10.1 Å². The lowest BCUT2D eigenvalue weighted by molar-refractivity contribution is -0.908. The van der Waals surface area contributed by atoms with E-state index >= 15 is 0 Å². The molecular formula is C19H27ClN5OS+. The van der Waals surface area contributed by atoms with Crippen molar-refractivity contribution in [3.05, 3.63) is 53.1 Å². The van der Waals surface area contributed by atoms with Crippen molar-refractivity contribution in [3.8, 4) is 0 Å². The van der Waals surface area contributed by atoms with Crippen molar-refractivity contribution >= 4 is 28.9 Å². The number of benzene rings is 1. The van der Waals surface area contributed by atoms with Gasteiger partial charge < -0.3 is 24.8 Å². The zero-order valence-electron chi connectivity index (χ0n) is 15.6. The lowest BCUT2D eigenvalue weighted by Crippen LogP contribution is -3.14. The first kappa shape index (κ1) is 20.1. The third-order valence-electron chi connectivity index (χ3n) is 4.79. The summed E-state index contributed by atoms with van der Waals surface area (Å²) in [5, 5.41) is 8.08. The van der Waals surface area contributed by atoms with Crippen LogP contribution in [0, 0.1) is 0 Å². The second-order valence-corrected chi connectivity index (χ2v) is 7.59. The number of morpholine rings is 1. The molecule has 0 spiro atoms. The van der Waals surface area contributed by atoms with E-state index in [0.717, 1.165) is 57.2 Å². The van der Waals surface area contributed by atoms with E-state index in [4.69, 9.17) is 28.6 Å². The van der Waals surface area contributed by atoms with Gasteiger partial charge in [-0.25, -0.2) is 4.98 Å². The molecule has 1 aliphatic rings. The number of nitrogens with one attached hydrogen (secondary N) is 3. The number of ether oxygens (including phenoxy) is 1. The number of aromatic nitrogens is 2. The first-order valence-corrected chi connectivity index (χ1v) is 10.1. The average Bonchev–Trinajstić information content (AvgIpc) is 3.11. The fourth-order valence-corrected chi connectivity index (χ4v) is 3.59. The molecule has 0 amide bonds. The van der Waals surface area contributed by atoms with Crippen molar-refractivity contribution in [1.29, 1.82) is 0 Å². The van der Waals surface area contributed by atoms with Crippen molar-refractivity contribution in [1.82, 2.24) is 20.2 Å². The molecule has 0 unspecified atom stereocenters. The van der Waals surface area contributed by atoms with E-state index in [9.17, 15) is 0 Å². The molecule has 8 heteroatoms. The molecule has 0 saturated carbocycles. The minimum absolute atomic E-state index is 0.132. The first-order valence-electron chi connectivity index (χ1n) is 9.32. The van der Waals surface area contributed by atoms with E-state index < -0.39 is 0 Å². The van der Waals surface area contributed by atoms with Crippen LogP contribution < -0.4 is 15.5 Å². The number of rotatable bonds is 7. The van der Waals surface area contributed by atoms with Crippen molar-refractivity contribution in [3.63, 3.8) is 0 Å². The third-order valence-corrected chi connectivity index (χ3v) is 5.30. The van der Waals surface area contributed by atoms with Gasteiger partial charge in [0.15, 0.2) is 5.11 Å². The summed E-state index contributed by atoms with van der Waals surface area (Å²) in [6.45, 7) is 5.92. The minimum Gasteiger partial charge on any atom is -0.370 e. The van der Waals surface area contributed by atoms with Gasteiger partial charge in [0.25, 0.3) is 0 Å². The first-order chi connectivity index (χ1) is 13.1. The maximum absolute atomic E-state index is 6.04. The molecule has 2 heterocycles. The van der Waals surface area contributed by atoms with Crippen molar-refractivity contribution in [2.45, 2.75) is 12.5 Å². The molecular weight excluding hydrogens is 382 g/mol. The molecule has 3 rings (SSSR count). The maximum atomic E-state index is 6.04. The highest BCUT2D eigenvalue weighted by atomic mass is 35.5. The van der Waals surface area contributed by atoms with Crippen LogP contribution >= 0.6 is 23.8 Å². The normalized spacial score (nSPS) is 16.1. The Morgan fingerprint density at radius 3 is 2.74 bits per heavy atom. The summed E-state index contributed by atoms with van der Waals surface area (Å²) in [4.78, 5) is 6.10. The summed E-state index contributed by atoms with van der Waals surface area (Å²) >= 11 is 11.6. The highest BCUT2D eigenvalue weighted by Gasteiger charge is 2.19. The number of hydrogen-bond donors (Lipinski definition) is 3. The monoisotopic (exact) mass is 408 g/mol. The Kier molecular flexibility index (Phi) is 7.46. The van der Waals surface area contributed by atoms with Gasteiger partial charge in [0, 0.05) is 37.4 Å². The number of hydrogen-bond acceptors (Lipinski definition) is 3. The lowest BCUT2D eigenvalue weighted by atomic mass is 10.1. The molecule has 1 aromatic carbocycles. The highest BCUT2D eigenvalue weighted by Crippen LogP contribution is 2.22. The highest BCUT2D eigenvalue weighted by molar-refractivity contribution is 7.80. The Labute approximate surface area is 170 Å². The van der Waals surface area contributed by atoms with Crippen LogP contribution in [0.4, 0.5) is 0 Å². The summed E-state index contributed by atoms with van der Waals surface area (Å²) in [6, 6.07) is 7.64. The number of imidazole rings is 1. The molecule has 6 nitrogen and oxygen atoms in total. The molecule has 0 radical (unpaired) electrons.